The van der Waals surface area contributed by atoms with Crippen LogP contribution in [0.3, 0.4) is 0 Å². The third-order valence-corrected chi connectivity index (χ3v) is 4.40. The van der Waals surface area contributed by atoms with E-state index in [9.17, 15) is 4.39 Å². The molecule has 1 N–H and O–H groups in total. The van der Waals surface area contributed by atoms with Gasteiger partial charge in [-0.3, -0.25) is 0 Å². The molecule has 20 heavy (non-hydrogen) atoms. The van der Waals surface area contributed by atoms with Gasteiger partial charge in [-0.05, 0) is 31.0 Å². The molecule has 1 heterocycles. The molecule has 1 aliphatic carbocycles. The van der Waals surface area contributed by atoms with Gasteiger partial charge in [0, 0.05) is 17.0 Å². The normalized spacial score (nSPS) is 15.5. The van der Waals surface area contributed by atoms with Gasteiger partial charge in [-0.25, -0.2) is 9.37 Å². The van der Waals surface area contributed by atoms with E-state index in [4.69, 9.17) is 4.74 Å². The monoisotopic (exact) mass is 292 g/mol. The molecule has 0 bridgehead atoms. The Labute approximate surface area is 121 Å². The number of methoxy groups -OCH3 is 1. The number of aromatic nitrogens is 1. The van der Waals surface area contributed by atoms with Gasteiger partial charge in [0.1, 0.15) is 11.6 Å². The van der Waals surface area contributed by atoms with Crippen LogP contribution in [0.15, 0.2) is 23.6 Å². The third-order valence-electron chi connectivity index (χ3n) is 3.62. The van der Waals surface area contributed by atoms with Crippen LogP contribution in [0.4, 0.5) is 9.52 Å². The highest BCUT2D eigenvalue weighted by molar-refractivity contribution is 7.14. The van der Waals surface area contributed by atoms with E-state index in [0.717, 1.165) is 10.8 Å². The first-order valence-corrected chi connectivity index (χ1v) is 7.70. The van der Waals surface area contributed by atoms with Crippen LogP contribution in [0.25, 0.3) is 11.3 Å². The smallest absolute Gasteiger partial charge is 0.183 e. The van der Waals surface area contributed by atoms with Crippen molar-refractivity contribution in [3.63, 3.8) is 0 Å². The van der Waals surface area contributed by atoms with Crippen LogP contribution in [0.1, 0.15) is 25.7 Å². The molecule has 3 nitrogen and oxygen atoms in total. The van der Waals surface area contributed by atoms with Crippen LogP contribution >= 0.6 is 11.3 Å². The summed E-state index contributed by atoms with van der Waals surface area (Å²) in [4.78, 5) is 4.55. The summed E-state index contributed by atoms with van der Waals surface area (Å²) in [7, 11) is 1.58. The van der Waals surface area contributed by atoms with Gasteiger partial charge in [-0.15, -0.1) is 11.3 Å². The Morgan fingerprint density at radius 3 is 2.90 bits per heavy atom. The van der Waals surface area contributed by atoms with Gasteiger partial charge in [-0.1, -0.05) is 12.8 Å². The summed E-state index contributed by atoms with van der Waals surface area (Å²) in [6.45, 7) is 0. The molecule has 1 aliphatic rings. The van der Waals surface area contributed by atoms with E-state index in [0.29, 0.717) is 17.4 Å². The molecule has 1 aromatic carbocycles. The highest BCUT2D eigenvalue weighted by Crippen LogP contribution is 2.33. The van der Waals surface area contributed by atoms with Gasteiger partial charge in [0.05, 0.1) is 12.8 Å². The number of thiazole rings is 1. The van der Waals surface area contributed by atoms with Gasteiger partial charge in [0.25, 0.3) is 0 Å². The quantitative estimate of drug-likeness (QED) is 0.911. The number of nitrogens with one attached hydrogen (secondary N) is 1. The molecular formula is C15H17FN2OS. The summed E-state index contributed by atoms with van der Waals surface area (Å²) in [5.41, 5.74) is 1.45. The zero-order chi connectivity index (χ0) is 13.9. The van der Waals surface area contributed by atoms with Crippen molar-refractivity contribution in [2.45, 2.75) is 31.7 Å². The Morgan fingerprint density at radius 2 is 2.15 bits per heavy atom. The summed E-state index contributed by atoms with van der Waals surface area (Å²) in [5.74, 6) is 0.364. The van der Waals surface area contributed by atoms with Crippen LogP contribution in [0, 0.1) is 5.82 Å². The van der Waals surface area contributed by atoms with Crippen molar-refractivity contribution in [3.8, 4) is 17.0 Å². The molecule has 0 spiro atoms. The maximum absolute atomic E-state index is 13.4. The number of hydrogen-bond acceptors (Lipinski definition) is 4. The Morgan fingerprint density at radius 1 is 1.35 bits per heavy atom. The topological polar surface area (TPSA) is 34.1 Å². The van der Waals surface area contributed by atoms with Crippen LogP contribution < -0.4 is 10.1 Å². The molecular weight excluding hydrogens is 275 g/mol. The first-order chi connectivity index (χ1) is 9.76. The summed E-state index contributed by atoms with van der Waals surface area (Å²) < 4.78 is 18.7. The number of halogens is 1. The van der Waals surface area contributed by atoms with Crippen LogP contribution in [-0.4, -0.2) is 18.1 Å². The fraction of sp³-hybridized carbons (Fsp3) is 0.400. The van der Waals surface area contributed by atoms with Crippen LogP contribution in [-0.2, 0) is 0 Å². The fourth-order valence-electron chi connectivity index (χ4n) is 2.59. The standard InChI is InChI=1S/C15H17FN2OS/c1-19-14-7-6-10(16)8-12(14)13-9-20-15(18-13)17-11-4-2-3-5-11/h6-9,11H,2-5H2,1H3,(H,17,18). The number of ether oxygens (including phenoxy) is 1. The number of hydrogen-bond donors (Lipinski definition) is 1. The van der Waals surface area contributed by atoms with Gasteiger partial charge >= 0.3 is 0 Å². The molecule has 1 saturated carbocycles. The van der Waals surface area contributed by atoms with E-state index in [1.807, 2.05) is 5.38 Å². The van der Waals surface area contributed by atoms with E-state index in [1.165, 1.54) is 37.8 Å². The second-order valence-corrected chi connectivity index (χ2v) is 5.87. The van der Waals surface area contributed by atoms with Crippen molar-refractivity contribution < 1.29 is 9.13 Å². The molecule has 3 rings (SSSR count). The van der Waals surface area contributed by atoms with Gasteiger partial charge in [0.15, 0.2) is 5.13 Å². The van der Waals surface area contributed by atoms with Crippen molar-refractivity contribution >= 4 is 16.5 Å². The Bertz CT molecular complexity index is 593. The van der Waals surface area contributed by atoms with E-state index < -0.39 is 0 Å². The first-order valence-electron chi connectivity index (χ1n) is 6.82. The molecule has 1 fully saturated rings. The fourth-order valence-corrected chi connectivity index (χ4v) is 3.38. The first kappa shape index (κ1) is 13.4. The molecule has 0 atom stereocenters. The van der Waals surface area contributed by atoms with E-state index in [1.54, 1.807) is 24.5 Å². The second-order valence-electron chi connectivity index (χ2n) is 5.01. The third kappa shape index (κ3) is 2.77. The Balaban J connectivity index is 1.83. The van der Waals surface area contributed by atoms with Crippen molar-refractivity contribution in [1.82, 2.24) is 4.98 Å². The molecule has 106 valence electrons. The Kier molecular flexibility index (Phi) is 3.87. The van der Waals surface area contributed by atoms with Gasteiger partial charge in [-0.2, -0.15) is 0 Å². The van der Waals surface area contributed by atoms with E-state index >= 15 is 0 Å². The Hall–Kier alpha value is -1.62. The number of anilines is 1. The molecule has 0 saturated heterocycles. The zero-order valence-corrected chi connectivity index (χ0v) is 12.2. The van der Waals surface area contributed by atoms with Gasteiger partial charge in [0.2, 0.25) is 0 Å². The summed E-state index contributed by atoms with van der Waals surface area (Å²) in [5, 5.41) is 6.30. The molecule has 0 aliphatic heterocycles. The van der Waals surface area contributed by atoms with Crippen molar-refractivity contribution in [2.24, 2.45) is 0 Å². The largest absolute Gasteiger partial charge is 0.496 e. The number of rotatable bonds is 4. The van der Waals surface area contributed by atoms with E-state index in [-0.39, 0.29) is 5.82 Å². The average molecular weight is 292 g/mol. The highest BCUT2D eigenvalue weighted by atomic mass is 32.1. The average Bonchev–Trinajstić information content (AvgIpc) is 3.11. The van der Waals surface area contributed by atoms with E-state index in [2.05, 4.69) is 10.3 Å². The predicted molar refractivity (Wildman–Crippen MR) is 79.9 cm³/mol. The summed E-state index contributed by atoms with van der Waals surface area (Å²) in [6.07, 6.45) is 4.98. The summed E-state index contributed by atoms with van der Waals surface area (Å²) >= 11 is 1.56. The second kappa shape index (κ2) is 5.79. The predicted octanol–water partition coefficient (Wildman–Crippen LogP) is 4.31. The maximum Gasteiger partial charge on any atom is 0.183 e. The number of nitrogens with zero attached hydrogens (tertiary/aromatic N) is 1. The molecule has 0 amide bonds. The molecule has 5 heteroatoms. The minimum Gasteiger partial charge on any atom is -0.496 e. The van der Waals surface area contributed by atoms with Crippen LogP contribution in [0.2, 0.25) is 0 Å². The lowest BCUT2D eigenvalue weighted by molar-refractivity contribution is 0.415. The molecule has 0 radical (unpaired) electrons. The molecule has 2 aromatic rings. The van der Waals surface area contributed by atoms with Crippen molar-refractivity contribution in [1.29, 1.82) is 0 Å². The minimum absolute atomic E-state index is 0.279. The summed E-state index contributed by atoms with van der Waals surface area (Å²) in [6, 6.07) is 5.02. The minimum atomic E-state index is -0.279. The SMILES string of the molecule is COc1ccc(F)cc1-c1csc(NC2CCCC2)n1. The van der Waals surface area contributed by atoms with Crippen molar-refractivity contribution in [2.75, 3.05) is 12.4 Å². The lowest BCUT2D eigenvalue weighted by Crippen LogP contribution is -2.14. The molecule has 0 unspecified atom stereocenters. The lowest BCUT2D eigenvalue weighted by Gasteiger charge is -2.09. The highest BCUT2D eigenvalue weighted by Gasteiger charge is 2.17. The van der Waals surface area contributed by atoms with Crippen LogP contribution in [0.5, 0.6) is 5.75 Å². The lowest BCUT2D eigenvalue weighted by atomic mass is 10.1. The number of benzene rings is 1. The van der Waals surface area contributed by atoms with Crippen molar-refractivity contribution in [3.05, 3.63) is 29.4 Å². The molecule has 1 aromatic heterocycles. The maximum atomic E-state index is 13.4. The zero-order valence-electron chi connectivity index (χ0n) is 11.4. The van der Waals surface area contributed by atoms with Gasteiger partial charge < -0.3 is 10.1 Å².